The lowest BCUT2D eigenvalue weighted by atomic mass is 10.0. The van der Waals surface area contributed by atoms with E-state index in [2.05, 4.69) is 25.2 Å². The zero-order valence-corrected chi connectivity index (χ0v) is 12.9. The Balaban J connectivity index is 2.48. The Morgan fingerprint density at radius 1 is 1.40 bits per heavy atom. The van der Waals surface area contributed by atoms with Crippen molar-refractivity contribution < 1.29 is 9.53 Å². The number of hydrogen-bond acceptors (Lipinski definition) is 3. The summed E-state index contributed by atoms with van der Waals surface area (Å²) in [5.41, 5.74) is 8.13. The van der Waals surface area contributed by atoms with E-state index in [1.807, 2.05) is 19.1 Å². The summed E-state index contributed by atoms with van der Waals surface area (Å²) in [5, 5.41) is 2.89. The Morgan fingerprint density at radius 2 is 2.10 bits per heavy atom. The van der Waals surface area contributed by atoms with Crippen molar-refractivity contribution in [3.05, 3.63) is 29.3 Å². The number of aryl methyl sites for hydroxylation is 1. The largest absolute Gasteiger partial charge is 0.496 e. The average Bonchev–Trinajstić information content (AvgIpc) is 2.38. The van der Waals surface area contributed by atoms with Crippen molar-refractivity contribution in [3.63, 3.8) is 0 Å². The smallest absolute Gasteiger partial charge is 0.236 e. The number of carbonyl (C=O) groups excluding carboxylic acids is 1. The maximum atomic E-state index is 11.8. The molecular weight excluding hydrogens is 252 g/mol. The highest BCUT2D eigenvalue weighted by molar-refractivity contribution is 5.81. The first kappa shape index (κ1) is 16.5. The Bertz CT molecular complexity index is 444. The van der Waals surface area contributed by atoms with Crippen LogP contribution in [0.15, 0.2) is 18.2 Å². The minimum Gasteiger partial charge on any atom is -0.496 e. The van der Waals surface area contributed by atoms with Gasteiger partial charge in [0.15, 0.2) is 0 Å². The minimum atomic E-state index is -0.422. The van der Waals surface area contributed by atoms with Gasteiger partial charge in [0.05, 0.1) is 13.2 Å². The van der Waals surface area contributed by atoms with E-state index in [0.29, 0.717) is 18.9 Å². The lowest BCUT2D eigenvalue weighted by Crippen LogP contribution is -2.42. The summed E-state index contributed by atoms with van der Waals surface area (Å²) in [5.74, 6) is 1.20. The molecule has 3 N–H and O–H groups in total. The summed E-state index contributed by atoms with van der Waals surface area (Å²) in [6.07, 6.45) is 1.45. The Labute approximate surface area is 121 Å². The molecule has 0 saturated heterocycles. The number of methoxy groups -OCH3 is 1. The van der Waals surface area contributed by atoms with Gasteiger partial charge in [-0.3, -0.25) is 4.79 Å². The molecule has 0 aliphatic carbocycles. The van der Waals surface area contributed by atoms with E-state index in [1.54, 1.807) is 7.11 Å². The zero-order valence-electron chi connectivity index (χ0n) is 12.9. The van der Waals surface area contributed by atoms with Crippen LogP contribution in [0.5, 0.6) is 5.75 Å². The number of nitrogens with two attached hydrogens (primary N) is 1. The second-order valence-electron chi connectivity index (χ2n) is 5.59. The molecule has 0 unspecified atom stereocenters. The van der Waals surface area contributed by atoms with Crippen LogP contribution >= 0.6 is 0 Å². The SMILES string of the molecule is COc1ccc(C)cc1CCNC(=O)[C@@H](N)CC(C)C. The minimum absolute atomic E-state index is 0.0784. The maximum absolute atomic E-state index is 11.8. The van der Waals surface area contributed by atoms with Crippen LogP contribution in [0.1, 0.15) is 31.4 Å². The first-order valence-electron chi connectivity index (χ1n) is 7.10. The third kappa shape index (κ3) is 5.21. The summed E-state index contributed by atoms with van der Waals surface area (Å²) >= 11 is 0. The highest BCUT2D eigenvalue weighted by Crippen LogP contribution is 2.19. The fourth-order valence-electron chi connectivity index (χ4n) is 2.17. The van der Waals surface area contributed by atoms with Crippen LogP contribution in [0.2, 0.25) is 0 Å². The number of carbonyl (C=O) groups is 1. The van der Waals surface area contributed by atoms with E-state index in [0.717, 1.165) is 17.7 Å². The molecule has 0 radical (unpaired) electrons. The monoisotopic (exact) mass is 278 g/mol. The normalized spacial score (nSPS) is 12.3. The molecule has 0 fully saturated rings. The molecule has 0 aliphatic heterocycles. The number of benzene rings is 1. The van der Waals surface area contributed by atoms with Crippen molar-refractivity contribution in [2.24, 2.45) is 11.7 Å². The van der Waals surface area contributed by atoms with Crippen LogP contribution in [-0.2, 0) is 11.2 Å². The number of rotatable bonds is 7. The molecule has 0 bridgehead atoms. The van der Waals surface area contributed by atoms with Gasteiger partial charge in [0.1, 0.15) is 5.75 Å². The molecular formula is C16H26N2O2. The van der Waals surface area contributed by atoms with E-state index in [1.165, 1.54) is 5.56 Å². The van der Waals surface area contributed by atoms with Crippen molar-refractivity contribution in [1.82, 2.24) is 5.32 Å². The van der Waals surface area contributed by atoms with Crippen molar-refractivity contribution >= 4 is 5.91 Å². The van der Waals surface area contributed by atoms with Crippen molar-refractivity contribution in [3.8, 4) is 5.75 Å². The van der Waals surface area contributed by atoms with E-state index in [9.17, 15) is 4.79 Å². The van der Waals surface area contributed by atoms with Crippen molar-refractivity contribution in [2.45, 2.75) is 39.7 Å². The van der Waals surface area contributed by atoms with Gasteiger partial charge < -0.3 is 15.8 Å². The van der Waals surface area contributed by atoms with Crippen LogP contribution in [-0.4, -0.2) is 25.6 Å². The number of amides is 1. The highest BCUT2D eigenvalue weighted by Gasteiger charge is 2.14. The van der Waals surface area contributed by atoms with Crippen LogP contribution in [0.3, 0.4) is 0 Å². The molecule has 0 aliphatic rings. The molecule has 1 aromatic carbocycles. The molecule has 0 aromatic heterocycles. The first-order chi connectivity index (χ1) is 9.43. The Kier molecular flexibility index (Phi) is 6.52. The Hall–Kier alpha value is -1.55. The van der Waals surface area contributed by atoms with Gasteiger partial charge in [0.25, 0.3) is 0 Å². The molecule has 0 saturated carbocycles. The molecule has 20 heavy (non-hydrogen) atoms. The Morgan fingerprint density at radius 3 is 2.70 bits per heavy atom. The molecule has 1 rings (SSSR count). The van der Waals surface area contributed by atoms with Crippen LogP contribution in [0.4, 0.5) is 0 Å². The van der Waals surface area contributed by atoms with Crippen LogP contribution in [0.25, 0.3) is 0 Å². The second kappa shape index (κ2) is 7.90. The fourth-order valence-corrected chi connectivity index (χ4v) is 2.17. The van der Waals surface area contributed by atoms with Gasteiger partial charge in [-0.2, -0.15) is 0 Å². The summed E-state index contributed by atoms with van der Waals surface area (Å²) in [7, 11) is 1.66. The standard InChI is InChI=1S/C16H26N2O2/c1-11(2)9-14(17)16(19)18-8-7-13-10-12(3)5-6-15(13)20-4/h5-6,10-11,14H,7-9,17H2,1-4H3,(H,18,19)/t14-/m0/s1. The molecule has 4 heteroatoms. The molecule has 1 aromatic rings. The van der Waals surface area contributed by atoms with E-state index in [4.69, 9.17) is 10.5 Å². The van der Waals surface area contributed by atoms with Crippen molar-refractivity contribution in [2.75, 3.05) is 13.7 Å². The first-order valence-corrected chi connectivity index (χ1v) is 7.10. The maximum Gasteiger partial charge on any atom is 0.236 e. The third-order valence-electron chi connectivity index (χ3n) is 3.19. The van der Waals surface area contributed by atoms with Crippen LogP contribution in [0, 0.1) is 12.8 Å². The predicted molar refractivity (Wildman–Crippen MR) is 81.9 cm³/mol. The van der Waals surface area contributed by atoms with E-state index < -0.39 is 6.04 Å². The lowest BCUT2D eigenvalue weighted by Gasteiger charge is -2.15. The highest BCUT2D eigenvalue weighted by atomic mass is 16.5. The summed E-state index contributed by atoms with van der Waals surface area (Å²) in [6.45, 7) is 6.74. The van der Waals surface area contributed by atoms with Gasteiger partial charge >= 0.3 is 0 Å². The van der Waals surface area contributed by atoms with Crippen LogP contribution < -0.4 is 15.8 Å². The average molecular weight is 278 g/mol. The number of ether oxygens (including phenoxy) is 1. The third-order valence-corrected chi connectivity index (χ3v) is 3.19. The van der Waals surface area contributed by atoms with Gasteiger partial charge in [0.2, 0.25) is 5.91 Å². The van der Waals surface area contributed by atoms with Gasteiger partial charge in [0, 0.05) is 6.54 Å². The summed E-state index contributed by atoms with van der Waals surface area (Å²) < 4.78 is 5.32. The van der Waals surface area contributed by atoms with Gasteiger partial charge in [-0.1, -0.05) is 31.5 Å². The molecule has 1 amide bonds. The molecule has 1 atom stereocenters. The van der Waals surface area contributed by atoms with Crippen molar-refractivity contribution in [1.29, 1.82) is 0 Å². The molecule has 0 spiro atoms. The van der Waals surface area contributed by atoms with Gasteiger partial charge in [-0.15, -0.1) is 0 Å². The predicted octanol–water partition coefficient (Wildman–Crippen LogP) is 2.04. The summed E-state index contributed by atoms with van der Waals surface area (Å²) in [6, 6.07) is 5.63. The van der Waals surface area contributed by atoms with E-state index >= 15 is 0 Å². The topological polar surface area (TPSA) is 64.3 Å². The summed E-state index contributed by atoms with van der Waals surface area (Å²) in [4.78, 5) is 11.8. The van der Waals surface area contributed by atoms with E-state index in [-0.39, 0.29) is 5.91 Å². The lowest BCUT2D eigenvalue weighted by molar-refractivity contribution is -0.122. The molecule has 0 heterocycles. The number of nitrogens with one attached hydrogen (secondary N) is 1. The van der Waals surface area contributed by atoms with Gasteiger partial charge in [-0.05, 0) is 37.3 Å². The zero-order chi connectivity index (χ0) is 15.1. The molecule has 4 nitrogen and oxygen atoms in total. The fraction of sp³-hybridized carbons (Fsp3) is 0.562. The number of hydrogen-bond donors (Lipinski definition) is 2. The second-order valence-corrected chi connectivity index (χ2v) is 5.59. The quantitative estimate of drug-likeness (QED) is 0.802. The molecule has 112 valence electrons. The van der Waals surface area contributed by atoms with Gasteiger partial charge in [-0.25, -0.2) is 0 Å².